The van der Waals surface area contributed by atoms with Gasteiger partial charge in [-0.05, 0) is 24.3 Å². The number of sulfone groups is 1. The zero-order valence-electron chi connectivity index (χ0n) is 9.98. The van der Waals surface area contributed by atoms with Crippen LogP contribution in [-0.4, -0.2) is 56.5 Å². The number of carboxylic acid groups (broad SMARTS) is 1. The summed E-state index contributed by atoms with van der Waals surface area (Å²) in [5.41, 5.74) is 0. The van der Waals surface area contributed by atoms with Crippen molar-refractivity contribution in [1.82, 2.24) is 20.2 Å². The summed E-state index contributed by atoms with van der Waals surface area (Å²) in [5, 5.41) is 19.0. The second-order valence-corrected chi connectivity index (χ2v) is 7.52. The zero-order valence-corrected chi connectivity index (χ0v) is 11.6. The molecule has 10 heteroatoms. The first kappa shape index (κ1) is 14.9. The summed E-state index contributed by atoms with van der Waals surface area (Å²) in [6.07, 6.45) is 0. The van der Waals surface area contributed by atoms with Crippen LogP contribution in [0.15, 0.2) is 5.16 Å². The lowest BCUT2D eigenvalue weighted by molar-refractivity contribution is -0.138. The van der Waals surface area contributed by atoms with Crippen molar-refractivity contribution < 1.29 is 18.3 Å². The minimum Gasteiger partial charge on any atom is -0.480 e. The van der Waals surface area contributed by atoms with Crippen molar-refractivity contribution in [2.24, 2.45) is 0 Å². The van der Waals surface area contributed by atoms with Crippen LogP contribution in [0.3, 0.4) is 0 Å². The molecule has 1 aromatic rings. The average Bonchev–Trinajstić information content (AvgIpc) is 2.64. The van der Waals surface area contributed by atoms with Crippen LogP contribution in [0.5, 0.6) is 0 Å². The first-order valence-electron chi connectivity index (χ1n) is 5.15. The Hall–Kier alpha value is -1.16. The van der Waals surface area contributed by atoms with Crippen molar-refractivity contribution in [3.63, 3.8) is 0 Å². The molecule has 8 nitrogen and oxygen atoms in total. The Morgan fingerprint density at radius 2 is 2.17 bits per heavy atom. The molecule has 0 aliphatic carbocycles. The van der Waals surface area contributed by atoms with E-state index in [-0.39, 0.29) is 12.3 Å². The highest BCUT2D eigenvalue weighted by atomic mass is 32.2. The van der Waals surface area contributed by atoms with Gasteiger partial charge in [0.1, 0.15) is 6.54 Å². The normalized spacial score (nSPS) is 11.9. The van der Waals surface area contributed by atoms with Crippen LogP contribution in [-0.2, 0) is 21.2 Å². The minimum atomic E-state index is -3.10. The Balaban J connectivity index is 2.55. The third-order valence-electron chi connectivity index (χ3n) is 2.10. The van der Waals surface area contributed by atoms with Crippen LogP contribution in [0.4, 0.5) is 0 Å². The van der Waals surface area contributed by atoms with Crippen LogP contribution < -0.4 is 0 Å². The summed E-state index contributed by atoms with van der Waals surface area (Å²) >= 11 is 1.12. The number of thioether (sulfide) groups is 1. The molecule has 0 atom stereocenters. The van der Waals surface area contributed by atoms with Crippen molar-refractivity contribution in [2.45, 2.75) is 30.8 Å². The number of tetrazole rings is 1. The molecule has 0 bridgehead atoms. The number of aliphatic carboxylic acids is 1. The summed E-state index contributed by atoms with van der Waals surface area (Å²) in [7, 11) is -3.10. The first-order valence-corrected chi connectivity index (χ1v) is 7.85. The molecular formula is C8H14N4O4S2. The lowest BCUT2D eigenvalue weighted by Crippen LogP contribution is -2.19. The Labute approximate surface area is 109 Å². The smallest absolute Gasteiger partial charge is 0.325 e. The van der Waals surface area contributed by atoms with Gasteiger partial charge in [0, 0.05) is 5.75 Å². The largest absolute Gasteiger partial charge is 0.480 e. The highest BCUT2D eigenvalue weighted by Gasteiger charge is 2.17. The molecule has 18 heavy (non-hydrogen) atoms. The maximum absolute atomic E-state index is 11.6. The van der Waals surface area contributed by atoms with E-state index >= 15 is 0 Å². The molecule has 0 saturated carbocycles. The van der Waals surface area contributed by atoms with Gasteiger partial charge in [-0.2, -0.15) is 0 Å². The molecule has 1 rings (SSSR count). The van der Waals surface area contributed by atoms with Gasteiger partial charge >= 0.3 is 5.97 Å². The van der Waals surface area contributed by atoms with E-state index in [2.05, 4.69) is 15.5 Å². The third-order valence-corrected chi connectivity index (χ3v) is 5.53. The second-order valence-electron chi connectivity index (χ2n) is 3.78. The van der Waals surface area contributed by atoms with Crippen molar-refractivity contribution >= 4 is 27.6 Å². The molecule has 0 amide bonds. The van der Waals surface area contributed by atoms with Gasteiger partial charge in [0.25, 0.3) is 0 Å². The number of rotatable bonds is 7. The van der Waals surface area contributed by atoms with Crippen LogP contribution in [0.2, 0.25) is 0 Å². The topological polar surface area (TPSA) is 115 Å². The molecule has 0 aromatic carbocycles. The van der Waals surface area contributed by atoms with Crippen molar-refractivity contribution in [1.29, 1.82) is 0 Å². The van der Waals surface area contributed by atoms with E-state index in [0.29, 0.717) is 10.9 Å². The molecule has 0 fully saturated rings. The van der Waals surface area contributed by atoms with E-state index in [1.165, 1.54) is 0 Å². The van der Waals surface area contributed by atoms with Gasteiger partial charge in [-0.1, -0.05) is 11.8 Å². The highest BCUT2D eigenvalue weighted by molar-refractivity contribution is 8.00. The predicted molar refractivity (Wildman–Crippen MR) is 65.1 cm³/mol. The summed E-state index contributed by atoms with van der Waals surface area (Å²) in [6.45, 7) is 2.90. The number of carboxylic acids is 1. The molecule has 0 aliphatic rings. The van der Waals surface area contributed by atoms with Gasteiger partial charge in [0.15, 0.2) is 9.84 Å². The Morgan fingerprint density at radius 1 is 1.50 bits per heavy atom. The summed E-state index contributed by atoms with van der Waals surface area (Å²) in [5.74, 6) is -0.755. The number of nitrogens with zero attached hydrogens (tertiary/aromatic N) is 4. The molecule has 0 saturated heterocycles. The maximum Gasteiger partial charge on any atom is 0.325 e. The zero-order chi connectivity index (χ0) is 13.8. The SMILES string of the molecule is CC(C)S(=O)(=O)CCSc1nnnn1CC(=O)O. The fraction of sp³-hybridized carbons (Fsp3) is 0.750. The molecule has 1 aromatic heterocycles. The van der Waals surface area contributed by atoms with E-state index in [0.717, 1.165) is 16.4 Å². The molecule has 0 unspecified atom stereocenters. The molecule has 0 radical (unpaired) electrons. The van der Waals surface area contributed by atoms with Crippen LogP contribution in [0.1, 0.15) is 13.8 Å². The quantitative estimate of drug-likeness (QED) is 0.680. The van der Waals surface area contributed by atoms with Crippen LogP contribution in [0.25, 0.3) is 0 Å². The molecular weight excluding hydrogens is 280 g/mol. The summed E-state index contributed by atoms with van der Waals surface area (Å²) in [6, 6.07) is 0. The lowest BCUT2D eigenvalue weighted by atomic mass is 10.6. The van der Waals surface area contributed by atoms with E-state index in [9.17, 15) is 13.2 Å². The molecule has 0 spiro atoms. The third kappa shape index (κ3) is 4.26. The number of hydrogen-bond donors (Lipinski definition) is 1. The predicted octanol–water partition coefficient (Wildman–Crippen LogP) is -0.327. The number of aromatic nitrogens is 4. The van der Waals surface area contributed by atoms with E-state index in [4.69, 9.17) is 5.11 Å². The second kappa shape index (κ2) is 6.14. The Morgan fingerprint density at radius 3 is 2.72 bits per heavy atom. The fourth-order valence-electron chi connectivity index (χ4n) is 1.01. The monoisotopic (exact) mass is 294 g/mol. The number of carbonyl (C=O) groups is 1. The van der Waals surface area contributed by atoms with Gasteiger partial charge in [-0.3, -0.25) is 4.79 Å². The van der Waals surface area contributed by atoms with Crippen LogP contribution >= 0.6 is 11.8 Å². The van der Waals surface area contributed by atoms with Gasteiger partial charge in [0.2, 0.25) is 5.16 Å². The standard InChI is InChI=1S/C8H14N4O4S2/c1-6(2)18(15,16)4-3-17-8-9-10-11-12(8)5-7(13)14/h6H,3-5H2,1-2H3,(H,13,14). The average molecular weight is 294 g/mol. The van der Waals surface area contributed by atoms with E-state index in [1.807, 2.05) is 0 Å². The minimum absolute atomic E-state index is 0.00919. The van der Waals surface area contributed by atoms with Gasteiger partial charge in [-0.25, -0.2) is 13.1 Å². The van der Waals surface area contributed by atoms with Crippen molar-refractivity contribution in [3.05, 3.63) is 0 Å². The summed E-state index contributed by atoms with van der Waals surface area (Å²) < 4.78 is 24.2. The lowest BCUT2D eigenvalue weighted by Gasteiger charge is -2.06. The van der Waals surface area contributed by atoms with Crippen LogP contribution in [0, 0.1) is 0 Å². The fourth-order valence-corrected chi connectivity index (χ4v) is 3.27. The van der Waals surface area contributed by atoms with E-state index < -0.39 is 21.1 Å². The molecule has 1 N–H and O–H groups in total. The Bertz CT molecular complexity index is 511. The highest BCUT2D eigenvalue weighted by Crippen LogP contribution is 2.15. The van der Waals surface area contributed by atoms with Crippen molar-refractivity contribution in [3.8, 4) is 0 Å². The molecule has 102 valence electrons. The number of hydrogen-bond acceptors (Lipinski definition) is 7. The van der Waals surface area contributed by atoms with Crippen molar-refractivity contribution in [2.75, 3.05) is 11.5 Å². The maximum atomic E-state index is 11.6. The molecule has 1 heterocycles. The van der Waals surface area contributed by atoms with Gasteiger partial charge < -0.3 is 5.11 Å². The summed E-state index contributed by atoms with van der Waals surface area (Å²) in [4.78, 5) is 10.5. The Kier molecular flexibility index (Phi) is 5.08. The molecule has 0 aliphatic heterocycles. The van der Waals surface area contributed by atoms with Gasteiger partial charge in [-0.15, -0.1) is 5.10 Å². The van der Waals surface area contributed by atoms with Gasteiger partial charge in [0.05, 0.1) is 11.0 Å². The first-order chi connectivity index (χ1) is 8.33. The van der Waals surface area contributed by atoms with E-state index in [1.54, 1.807) is 13.8 Å².